The molecule has 0 spiro atoms. The molecule has 1 aromatic heterocycles. The normalized spacial score (nSPS) is 21.3. The van der Waals surface area contributed by atoms with E-state index in [2.05, 4.69) is 22.0 Å². The molecule has 0 radical (unpaired) electrons. The van der Waals surface area contributed by atoms with Crippen LogP contribution in [0.25, 0.3) is 0 Å². The number of hydrogen-bond acceptors (Lipinski definition) is 2. The van der Waals surface area contributed by atoms with E-state index in [4.69, 9.17) is 0 Å². The SMILES string of the molecule is O=C1C=C(Cc2ccn(C3CCCCC3)n2)CC1. The van der Waals surface area contributed by atoms with Crippen molar-refractivity contribution in [1.29, 1.82) is 0 Å². The minimum atomic E-state index is 0.275. The van der Waals surface area contributed by atoms with Gasteiger partial charge in [0.1, 0.15) is 0 Å². The zero-order valence-electron chi connectivity index (χ0n) is 10.8. The van der Waals surface area contributed by atoms with E-state index in [9.17, 15) is 4.79 Å². The summed E-state index contributed by atoms with van der Waals surface area (Å²) < 4.78 is 2.14. The molecule has 1 saturated carbocycles. The molecule has 96 valence electrons. The Balaban J connectivity index is 1.65. The molecule has 3 rings (SSSR count). The Morgan fingerprint density at radius 1 is 1.22 bits per heavy atom. The Hall–Kier alpha value is -1.38. The van der Waals surface area contributed by atoms with Gasteiger partial charge in [-0.3, -0.25) is 9.48 Å². The monoisotopic (exact) mass is 244 g/mol. The van der Waals surface area contributed by atoms with Gasteiger partial charge in [0.15, 0.2) is 5.78 Å². The Labute approximate surface area is 108 Å². The van der Waals surface area contributed by atoms with E-state index in [0.29, 0.717) is 12.5 Å². The van der Waals surface area contributed by atoms with E-state index < -0.39 is 0 Å². The van der Waals surface area contributed by atoms with Crippen molar-refractivity contribution in [2.24, 2.45) is 0 Å². The number of ketones is 1. The largest absolute Gasteiger partial charge is 0.295 e. The fourth-order valence-corrected chi connectivity index (χ4v) is 3.05. The molecular formula is C15H20N2O. The quantitative estimate of drug-likeness (QED) is 0.818. The predicted molar refractivity (Wildman–Crippen MR) is 70.4 cm³/mol. The van der Waals surface area contributed by atoms with Gasteiger partial charge in [-0.2, -0.15) is 5.10 Å². The molecule has 1 fully saturated rings. The van der Waals surface area contributed by atoms with E-state index in [-0.39, 0.29) is 5.78 Å². The van der Waals surface area contributed by atoms with Gasteiger partial charge in [-0.25, -0.2) is 0 Å². The fourth-order valence-electron chi connectivity index (χ4n) is 3.05. The summed E-state index contributed by atoms with van der Waals surface area (Å²) in [5.41, 5.74) is 2.36. The van der Waals surface area contributed by atoms with Crippen LogP contribution >= 0.6 is 0 Å². The van der Waals surface area contributed by atoms with Crippen LogP contribution in [0.5, 0.6) is 0 Å². The molecule has 3 nitrogen and oxygen atoms in total. The molecule has 0 amide bonds. The average Bonchev–Trinajstić information content (AvgIpc) is 3.01. The minimum absolute atomic E-state index is 0.275. The third-order valence-electron chi connectivity index (χ3n) is 4.08. The van der Waals surface area contributed by atoms with Crippen molar-refractivity contribution in [3.8, 4) is 0 Å². The zero-order valence-corrected chi connectivity index (χ0v) is 10.8. The van der Waals surface area contributed by atoms with Gasteiger partial charge in [0.25, 0.3) is 0 Å². The molecule has 0 N–H and O–H groups in total. The number of rotatable bonds is 3. The van der Waals surface area contributed by atoms with Crippen molar-refractivity contribution < 1.29 is 4.79 Å². The second-order valence-corrected chi connectivity index (χ2v) is 5.52. The van der Waals surface area contributed by atoms with Gasteiger partial charge in [0.05, 0.1) is 11.7 Å². The number of hydrogen-bond donors (Lipinski definition) is 0. The lowest BCUT2D eigenvalue weighted by Crippen LogP contribution is -2.13. The smallest absolute Gasteiger partial charge is 0.155 e. The molecule has 2 aliphatic rings. The van der Waals surface area contributed by atoms with Crippen LogP contribution in [0.1, 0.15) is 56.7 Å². The van der Waals surface area contributed by atoms with Crippen LogP contribution in [0.3, 0.4) is 0 Å². The number of carbonyl (C=O) groups excluding carboxylic acids is 1. The maximum Gasteiger partial charge on any atom is 0.155 e. The zero-order chi connectivity index (χ0) is 12.4. The highest BCUT2D eigenvalue weighted by Crippen LogP contribution is 2.28. The molecular weight excluding hydrogens is 224 g/mol. The van der Waals surface area contributed by atoms with E-state index in [1.165, 1.54) is 37.7 Å². The average molecular weight is 244 g/mol. The highest BCUT2D eigenvalue weighted by Gasteiger charge is 2.17. The summed E-state index contributed by atoms with van der Waals surface area (Å²) in [5, 5.41) is 4.69. The summed E-state index contributed by atoms with van der Waals surface area (Å²) in [5.74, 6) is 0.275. The summed E-state index contributed by atoms with van der Waals surface area (Å²) in [6, 6.07) is 2.71. The number of carbonyl (C=O) groups is 1. The van der Waals surface area contributed by atoms with Crippen molar-refractivity contribution >= 4 is 5.78 Å². The van der Waals surface area contributed by atoms with Crippen molar-refractivity contribution in [2.75, 3.05) is 0 Å². The molecule has 1 aromatic rings. The lowest BCUT2D eigenvalue weighted by atomic mass is 9.96. The van der Waals surface area contributed by atoms with Crippen LogP contribution in [0.2, 0.25) is 0 Å². The van der Waals surface area contributed by atoms with Gasteiger partial charge in [-0.15, -0.1) is 0 Å². The summed E-state index contributed by atoms with van der Waals surface area (Å²) in [6.45, 7) is 0. The van der Waals surface area contributed by atoms with E-state index >= 15 is 0 Å². The van der Waals surface area contributed by atoms with Gasteiger partial charge in [0.2, 0.25) is 0 Å². The highest BCUT2D eigenvalue weighted by molar-refractivity contribution is 5.93. The van der Waals surface area contributed by atoms with Crippen LogP contribution in [-0.4, -0.2) is 15.6 Å². The minimum Gasteiger partial charge on any atom is -0.295 e. The van der Waals surface area contributed by atoms with Crippen LogP contribution in [0, 0.1) is 0 Å². The third kappa shape index (κ3) is 2.55. The summed E-state index contributed by atoms with van der Waals surface area (Å²) in [4.78, 5) is 11.2. The Morgan fingerprint density at radius 3 is 2.78 bits per heavy atom. The van der Waals surface area contributed by atoms with Crippen LogP contribution in [0.4, 0.5) is 0 Å². The maximum absolute atomic E-state index is 11.2. The predicted octanol–water partition coefficient (Wildman–Crippen LogP) is 3.22. The third-order valence-corrected chi connectivity index (χ3v) is 4.08. The van der Waals surface area contributed by atoms with Crippen LogP contribution in [-0.2, 0) is 11.2 Å². The maximum atomic E-state index is 11.2. The van der Waals surface area contributed by atoms with E-state index in [1.54, 1.807) is 6.08 Å². The second-order valence-electron chi connectivity index (χ2n) is 5.52. The topological polar surface area (TPSA) is 34.9 Å². The molecule has 0 aliphatic heterocycles. The number of allylic oxidation sites excluding steroid dienone is 2. The molecule has 2 aliphatic carbocycles. The van der Waals surface area contributed by atoms with Crippen molar-refractivity contribution in [3.05, 3.63) is 29.6 Å². The first-order valence-corrected chi connectivity index (χ1v) is 7.07. The lowest BCUT2D eigenvalue weighted by Gasteiger charge is -2.21. The van der Waals surface area contributed by atoms with Crippen LogP contribution in [0.15, 0.2) is 23.9 Å². The first kappa shape index (κ1) is 11.7. The van der Waals surface area contributed by atoms with Gasteiger partial charge < -0.3 is 0 Å². The van der Waals surface area contributed by atoms with Crippen molar-refractivity contribution in [2.45, 2.75) is 57.4 Å². The van der Waals surface area contributed by atoms with Crippen molar-refractivity contribution in [3.63, 3.8) is 0 Å². The van der Waals surface area contributed by atoms with Crippen molar-refractivity contribution in [1.82, 2.24) is 9.78 Å². The Bertz CT molecular complexity index is 467. The first-order valence-electron chi connectivity index (χ1n) is 7.07. The molecule has 3 heteroatoms. The lowest BCUT2D eigenvalue weighted by molar-refractivity contribution is -0.114. The van der Waals surface area contributed by atoms with Gasteiger partial charge in [-0.1, -0.05) is 24.8 Å². The molecule has 0 bridgehead atoms. The van der Waals surface area contributed by atoms with Gasteiger partial charge in [-0.05, 0) is 31.4 Å². The molecule has 0 atom stereocenters. The van der Waals surface area contributed by atoms with Gasteiger partial charge >= 0.3 is 0 Å². The van der Waals surface area contributed by atoms with Crippen LogP contribution < -0.4 is 0 Å². The molecule has 0 aromatic carbocycles. The standard InChI is InChI=1S/C15H20N2O/c18-15-7-6-12(11-15)10-13-8-9-17(16-13)14-4-2-1-3-5-14/h8-9,11,14H,1-7,10H2. The Kier molecular flexibility index (Phi) is 3.31. The molecule has 1 heterocycles. The fraction of sp³-hybridized carbons (Fsp3) is 0.600. The van der Waals surface area contributed by atoms with Gasteiger partial charge in [0, 0.05) is 19.0 Å². The first-order chi connectivity index (χ1) is 8.81. The summed E-state index contributed by atoms with van der Waals surface area (Å²) >= 11 is 0. The molecule has 0 saturated heterocycles. The number of aromatic nitrogens is 2. The van der Waals surface area contributed by atoms with E-state index in [0.717, 1.165) is 18.5 Å². The molecule has 0 unspecified atom stereocenters. The summed E-state index contributed by atoms with van der Waals surface area (Å²) in [7, 11) is 0. The Morgan fingerprint density at radius 2 is 2.06 bits per heavy atom. The van der Waals surface area contributed by atoms with E-state index in [1.807, 2.05) is 0 Å². The highest BCUT2D eigenvalue weighted by atomic mass is 16.1. The molecule has 18 heavy (non-hydrogen) atoms. The number of nitrogens with zero attached hydrogens (tertiary/aromatic N) is 2. The summed E-state index contributed by atoms with van der Waals surface area (Å²) in [6.07, 6.45) is 13.0. The second kappa shape index (κ2) is 5.09.